The van der Waals surface area contributed by atoms with Gasteiger partial charge in [-0.2, -0.15) is 0 Å². The van der Waals surface area contributed by atoms with E-state index in [1.807, 2.05) is 0 Å². The first kappa shape index (κ1) is 69.1. The number of hydrogen-bond acceptors (Lipinski definition) is 6. The third-order valence-electron chi connectivity index (χ3n) is 13.8. The van der Waals surface area contributed by atoms with E-state index in [1.54, 1.807) is 0 Å². The summed E-state index contributed by atoms with van der Waals surface area (Å²) in [6.45, 7) is 6.55. The molecule has 0 N–H and O–H groups in total. The summed E-state index contributed by atoms with van der Waals surface area (Å²) in [7, 11) is 0. The van der Waals surface area contributed by atoms with Crippen LogP contribution in [0.4, 0.5) is 0 Å². The molecular formula is C66H118O6. The second-order valence-electron chi connectivity index (χ2n) is 20.9. The van der Waals surface area contributed by atoms with Gasteiger partial charge < -0.3 is 14.2 Å². The molecular weight excluding hydrogens is 889 g/mol. The van der Waals surface area contributed by atoms with E-state index >= 15 is 0 Å². The van der Waals surface area contributed by atoms with Crippen LogP contribution in [0.25, 0.3) is 0 Å². The molecule has 1 atom stereocenters. The summed E-state index contributed by atoms with van der Waals surface area (Å²) in [5.41, 5.74) is 0. The van der Waals surface area contributed by atoms with E-state index in [0.29, 0.717) is 19.3 Å². The summed E-state index contributed by atoms with van der Waals surface area (Å²) in [4.78, 5) is 38.3. The lowest BCUT2D eigenvalue weighted by molar-refractivity contribution is -0.167. The molecule has 1 unspecified atom stereocenters. The van der Waals surface area contributed by atoms with Crippen LogP contribution in [0.15, 0.2) is 60.8 Å². The van der Waals surface area contributed by atoms with Crippen LogP contribution in [-0.4, -0.2) is 37.2 Å². The van der Waals surface area contributed by atoms with Crippen molar-refractivity contribution in [1.82, 2.24) is 0 Å². The maximum atomic E-state index is 12.9. The van der Waals surface area contributed by atoms with Crippen molar-refractivity contribution in [3.63, 3.8) is 0 Å². The Labute approximate surface area is 447 Å². The number of allylic oxidation sites excluding steroid dienone is 10. The number of rotatable bonds is 57. The summed E-state index contributed by atoms with van der Waals surface area (Å²) in [6, 6.07) is 0. The highest BCUT2D eigenvalue weighted by molar-refractivity contribution is 5.71. The minimum absolute atomic E-state index is 0.0817. The van der Waals surface area contributed by atoms with E-state index in [2.05, 4.69) is 81.5 Å². The second kappa shape index (κ2) is 60.7. The highest BCUT2D eigenvalue weighted by atomic mass is 16.6. The summed E-state index contributed by atoms with van der Waals surface area (Å²) in [6.07, 6.45) is 76.5. The van der Waals surface area contributed by atoms with Crippen molar-refractivity contribution in [3.05, 3.63) is 60.8 Å². The topological polar surface area (TPSA) is 78.9 Å². The van der Waals surface area contributed by atoms with Crippen molar-refractivity contribution in [2.75, 3.05) is 13.2 Å². The Morgan fingerprint density at radius 1 is 0.292 bits per heavy atom. The summed E-state index contributed by atoms with van der Waals surface area (Å²) in [5.74, 6) is -0.890. The normalized spacial score (nSPS) is 12.4. The zero-order valence-corrected chi connectivity index (χ0v) is 47.9. The predicted molar refractivity (Wildman–Crippen MR) is 312 cm³/mol. The van der Waals surface area contributed by atoms with Gasteiger partial charge in [0.15, 0.2) is 6.10 Å². The van der Waals surface area contributed by atoms with Crippen LogP contribution >= 0.6 is 0 Å². The number of esters is 3. The zero-order chi connectivity index (χ0) is 52.2. The minimum Gasteiger partial charge on any atom is -0.462 e. The number of unbranched alkanes of at least 4 members (excludes halogenated alkanes) is 36. The van der Waals surface area contributed by atoms with Crippen molar-refractivity contribution >= 4 is 17.9 Å². The van der Waals surface area contributed by atoms with Crippen LogP contribution in [0, 0.1) is 0 Å². The van der Waals surface area contributed by atoms with Gasteiger partial charge >= 0.3 is 17.9 Å². The van der Waals surface area contributed by atoms with E-state index in [1.165, 1.54) is 186 Å². The van der Waals surface area contributed by atoms with Gasteiger partial charge in [0, 0.05) is 19.3 Å². The molecule has 0 aliphatic heterocycles. The highest BCUT2D eigenvalue weighted by Gasteiger charge is 2.19. The van der Waals surface area contributed by atoms with Crippen molar-refractivity contribution in [2.45, 2.75) is 329 Å². The third-order valence-corrected chi connectivity index (χ3v) is 13.8. The van der Waals surface area contributed by atoms with Crippen molar-refractivity contribution < 1.29 is 28.6 Å². The highest BCUT2D eigenvalue weighted by Crippen LogP contribution is 2.17. The molecule has 0 saturated carbocycles. The van der Waals surface area contributed by atoms with Crippen molar-refractivity contribution in [1.29, 1.82) is 0 Å². The Hall–Kier alpha value is -2.89. The van der Waals surface area contributed by atoms with Crippen LogP contribution in [0.2, 0.25) is 0 Å². The quantitative estimate of drug-likeness (QED) is 0.0261. The molecule has 0 bridgehead atoms. The van der Waals surface area contributed by atoms with Crippen LogP contribution < -0.4 is 0 Å². The van der Waals surface area contributed by atoms with E-state index in [0.717, 1.165) is 96.3 Å². The standard InChI is InChI=1S/C66H118O6/c1-4-7-10-13-16-19-22-25-28-31-32-33-34-36-38-41-44-47-50-53-56-59-65(68)71-62-63(61-70-64(67)58-55-52-49-46-43-40-37-30-27-24-21-18-15-12-9-6-3)72-66(69)60-57-54-51-48-45-42-39-35-29-26-23-20-17-14-11-8-5-2/h8,11,17,20,26,29,31-32,39,42,63H,4-7,9-10,12-16,18-19,21-25,27-28,30,33-38,40-41,43-62H2,1-3H3/b11-8-,20-17-,29-26-,32-31-,42-39-. The fourth-order valence-corrected chi connectivity index (χ4v) is 9.08. The molecule has 0 heterocycles. The fraction of sp³-hybridized carbons (Fsp3) is 0.803. The van der Waals surface area contributed by atoms with Crippen molar-refractivity contribution in [2.24, 2.45) is 0 Å². The zero-order valence-electron chi connectivity index (χ0n) is 47.9. The lowest BCUT2D eigenvalue weighted by Gasteiger charge is -2.18. The lowest BCUT2D eigenvalue weighted by atomic mass is 10.0. The van der Waals surface area contributed by atoms with Gasteiger partial charge in [-0.3, -0.25) is 14.4 Å². The predicted octanol–water partition coefficient (Wildman–Crippen LogP) is 21.2. The average Bonchev–Trinajstić information content (AvgIpc) is 3.38. The van der Waals surface area contributed by atoms with E-state index < -0.39 is 6.10 Å². The van der Waals surface area contributed by atoms with Crippen LogP contribution in [-0.2, 0) is 28.6 Å². The first-order valence-corrected chi connectivity index (χ1v) is 31.3. The third kappa shape index (κ3) is 58.0. The fourth-order valence-electron chi connectivity index (χ4n) is 9.08. The minimum atomic E-state index is -0.787. The van der Waals surface area contributed by atoms with Crippen LogP contribution in [0.1, 0.15) is 323 Å². The summed E-state index contributed by atoms with van der Waals surface area (Å²) < 4.78 is 16.9. The molecule has 72 heavy (non-hydrogen) atoms. The Balaban J connectivity index is 4.37. The maximum Gasteiger partial charge on any atom is 0.306 e. The summed E-state index contributed by atoms with van der Waals surface area (Å²) in [5, 5.41) is 0. The van der Waals surface area contributed by atoms with Gasteiger partial charge in [-0.15, -0.1) is 0 Å². The van der Waals surface area contributed by atoms with E-state index in [4.69, 9.17) is 14.2 Å². The molecule has 0 aromatic rings. The number of ether oxygens (including phenoxy) is 3. The Morgan fingerprint density at radius 3 is 0.861 bits per heavy atom. The first-order chi connectivity index (χ1) is 35.5. The maximum absolute atomic E-state index is 12.9. The smallest absolute Gasteiger partial charge is 0.306 e. The molecule has 0 saturated heterocycles. The number of carbonyl (C=O) groups excluding carboxylic acids is 3. The number of carbonyl (C=O) groups is 3. The molecule has 0 radical (unpaired) electrons. The molecule has 0 spiro atoms. The Morgan fingerprint density at radius 2 is 0.542 bits per heavy atom. The van der Waals surface area contributed by atoms with E-state index in [-0.39, 0.29) is 31.1 Å². The van der Waals surface area contributed by atoms with Crippen molar-refractivity contribution in [3.8, 4) is 0 Å². The molecule has 0 rings (SSSR count). The lowest BCUT2D eigenvalue weighted by Crippen LogP contribution is -2.30. The van der Waals surface area contributed by atoms with Gasteiger partial charge in [-0.25, -0.2) is 0 Å². The van der Waals surface area contributed by atoms with Crippen LogP contribution in [0.3, 0.4) is 0 Å². The summed E-state index contributed by atoms with van der Waals surface area (Å²) >= 11 is 0. The Kier molecular flexibility index (Phi) is 58.2. The molecule has 6 heteroatoms. The first-order valence-electron chi connectivity index (χ1n) is 31.3. The van der Waals surface area contributed by atoms with Gasteiger partial charge in [0.2, 0.25) is 0 Å². The second-order valence-corrected chi connectivity index (χ2v) is 20.9. The molecule has 0 aromatic carbocycles. The average molecular weight is 1010 g/mol. The molecule has 0 aliphatic carbocycles. The molecule has 0 aromatic heterocycles. The van der Waals surface area contributed by atoms with Gasteiger partial charge in [0.1, 0.15) is 13.2 Å². The SMILES string of the molecule is CC/C=C\C/C=C\C/C=C\C/C=C\CCCCCCC(=O)OC(COC(=O)CCCCCCCCCCC/C=C\CCCCCCCCCC)COC(=O)CCCCCCCCCCCCCCCCCC. The van der Waals surface area contributed by atoms with Gasteiger partial charge in [0.05, 0.1) is 0 Å². The van der Waals surface area contributed by atoms with Gasteiger partial charge in [0.25, 0.3) is 0 Å². The van der Waals surface area contributed by atoms with Gasteiger partial charge in [-0.1, -0.05) is 281 Å². The largest absolute Gasteiger partial charge is 0.462 e. The van der Waals surface area contributed by atoms with Crippen LogP contribution in [0.5, 0.6) is 0 Å². The molecule has 418 valence electrons. The monoisotopic (exact) mass is 1010 g/mol. The number of hydrogen-bond donors (Lipinski definition) is 0. The molecule has 6 nitrogen and oxygen atoms in total. The van der Waals surface area contributed by atoms with E-state index in [9.17, 15) is 14.4 Å². The molecule has 0 aliphatic rings. The molecule has 0 fully saturated rings. The Bertz CT molecular complexity index is 1290. The van der Waals surface area contributed by atoms with Gasteiger partial charge in [-0.05, 0) is 83.5 Å². The molecule has 0 amide bonds.